The van der Waals surface area contributed by atoms with E-state index in [1.165, 1.54) is 6.92 Å². The molecule has 0 bridgehead atoms. The number of aromatic hydroxyl groups is 1. The third kappa shape index (κ3) is 4.10. The molecule has 0 atom stereocenters. The topological polar surface area (TPSA) is 230 Å². The van der Waals surface area contributed by atoms with Gasteiger partial charge in [0.2, 0.25) is 0 Å². The minimum absolute atomic E-state index is 0.167. The van der Waals surface area contributed by atoms with Crippen molar-refractivity contribution < 1.29 is 53.6 Å². The molecule has 1 aliphatic carbocycles. The van der Waals surface area contributed by atoms with Gasteiger partial charge < -0.3 is 10.4 Å². The second-order valence-corrected chi connectivity index (χ2v) is 11.0. The van der Waals surface area contributed by atoms with Crippen LogP contribution in [0.25, 0.3) is 0 Å². The molecule has 1 aliphatic rings. The van der Waals surface area contributed by atoms with E-state index in [9.17, 15) is 49.1 Å². The summed E-state index contributed by atoms with van der Waals surface area (Å²) in [7, 11) is -14.7. The summed E-state index contributed by atoms with van der Waals surface area (Å²) in [4.78, 5) is 24.3. The van der Waals surface area contributed by atoms with Crippen LogP contribution in [0.15, 0.2) is 28.0 Å². The van der Waals surface area contributed by atoms with Crippen LogP contribution in [0, 0.1) is 6.92 Å². The second kappa shape index (κ2) is 7.32. The van der Waals surface area contributed by atoms with Crippen LogP contribution < -0.4 is 5.32 Å². The van der Waals surface area contributed by atoms with Crippen molar-refractivity contribution in [1.82, 2.24) is 0 Å². The molecule has 0 fully saturated rings. The molecule has 16 heteroatoms. The molecule has 0 radical (unpaired) electrons. The lowest BCUT2D eigenvalue weighted by molar-refractivity contribution is 0.0976. The number of aryl methyl sites for hydroxylation is 1. The molecule has 0 aliphatic heterocycles. The van der Waals surface area contributed by atoms with Crippen LogP contribution >= 0.6 is 0 Å². The Morgan fingerprint density at radius 1 is 0.812 bits per heavy atom. The number of anilines is 1. The number of carbonyl (C=O) groups is 2. The number of phenolic OH excluding ortho intramolecular Hbond substituents is 1. The quantitative estimate of drug-likeness (QED) is 0.291. The molecule has 32 heavy (non-hydrogen) atoms. The fourth-order valence-corrected chi connectivity index (χ4v) is 4.79. The molecule has 0 heterocycles. The number of ketones is 2. The molecule has 2 aromatic rings. The first kappa shape index (κ1) is 23.8. The fourth-order valence-electron chi connectivity index (χ4n) is 3.24. The van der Waals surface area contributed by atoms with E-state index in [4.69, 9.17) is 4.55 Å². The van der Waals surface area contributed by atoms with Crippen molar-refractivity contribution in [3.63, 3.8) is 0 Å². The van der Waals surface area contributed by atoms with Crippen LogP contribution in [-0.2, 0) is 30.4 Å². The van der Waals surface area contributed by atoms with Gasteiger partial charge in [0.05, 0.1) is 16.0 Å². The summed E-state index contributed by atoms with van der Waals surface area (Å²) in [6.07, 6.45) is 0. The summed E-state index contributed by atoms with van der Waals surface area (Å²) in [6.45, 7) is 1.19. The number of nitrogens with one attached hydrogen (secondary N) is 1. The van der Waals surface area contributed by atoms with Gasteiger partial charge in [-0.05, 0) is 30.7 Å². The number of rotatable bonds is 5. The van der Waals surface area contributed by atoms with Gasteiger partial charge in [-0.1, -0.05) is 0 Å². The first-order valence-electron chi connectivity index (χ1n) is 8.21. The summed E-state index contributed by atoms with van der Waals surface area (Å²) in [6, 6.07) is 1.97. The number of hydrogen-bond donors (Lipinski definition) is 5. The van der Waals surface area contributed by atoms with Gasteiger partial charge in [-0.15, -0.1) is 0 Å². The predicted octanol–water partition coefficient (Wildman–Crippen LogP) is 0.227. The molecule has 172 valence electrons. The maximum absolute atomic E-state index is 13.2. The van der Waals surface area contributed by atoms with Crippen molar-refractivity contribution in [3.05, 3.63) is 46.0 Å². The summed E-state index contributed by atoms with van der Waals surface area (Å²) in [5.74, 6) is -4.78. The SMILES string of the molecule is Cc1cc(S(=O)(=O)O)c(O)c2c1C(=O)c1cc(S(=O)(=O)O)cc(NCS(=O)(=O)O)c1C2=O. The highest BCUT2D eigenvalue weighted by Gasteiger charge is 2.39. The number of hydrogen-bond acceptors (Lipinski definition) is 10. The van der Waals surface area contributed by atoms with Crippen molar-refractivity contribution in [2.75, 3.05) is 11.2 Å². The predicted molar refractivity (Wildman–Crippen MR) is 106 cm³/mol. The fraction of sp³-hybridized carbons (Fsp3) is 0.125. The van der Waals surface area contributed by atoms with Gasteiger partial charge in [-0.25, -0.2) is 0 Å². The Morgan fingerprint density at radius 2 is 1.41 bits per heavy atom. The number of carbonyl (C=O) groups excluding carboxylic acids is 2. The molecule has 0 aromatic heterocycles. The van der Waals surface area contributed by atoms with E-state index in [1.807, 2.05) is 0 Å². The number of benzene rings is 2. The zero-order chi connectivity index (χ0) is 24.4. The molecule has 2 aromatic carbocycles. The average molecular weight is 507 g/mol. The highest BCUT2D eigenvalue weighted by molar-refractivity contribution is 7.86. The van der Waals surface area contributed by atoms with E-state index in [1.54, 1.807) is 0 Å². The lowest BCUT2D eigenvalue weighted by atomic mass is 9.81. The molecule has 3 rings (SSSR count). The Morgan fingerprint density at radius 3 is 1.91 bits per heavy atom. The Labute approximate surface area is 180 Å². The molecule has 0 unspecified atom stereocenters. The third-order valence-corrected chi connectivity index (χ3v) is 6.73. The zero-order valence-electron chi connectivity index (χ0n) is 15.7. The minimum Gasteiger partial charge on any atom is -0.506 e. The Balaban J connectivity index is 2.41. The van der Waals surface area contributed by atoms with Crippen LogP contribution in [0.5, 0.6) is 5.75 Å². The van der Waals surface area contributed by atoms with E-state index in [0.717, 1.165) is 6.07 Å². The lowest BCUT2D eigenvalue weighted by Crippen LogP contribution is -2.26. The largest absolute Gasteiger partial charge is 0.506 e. The standard InChI is InChI=1S/C16H13NO12S3/c1-6-2-10(32(27,28)29)15(19)13-11(6)14(18)8-3-7(31(24,25)26)4-9(12(8)16(13)20)17-5-30(21,22)23/h2-4,17,19H,5H2,1H3,(H,21,22,23)(H,24,25,26)(H,27,28,29). The van der Waals surface area contributed by atoms with Crippen LogP contribution in [0.2, 0.25) is 0 Å². The molecule has 0 saturated carbocycles. The Bertz CT molecular complexity index is 1540. The molecule has 0 amide bonds. The first-order valence-corrected chi connectivity index (χ1v) is 12.7. The molecule has 5 N–H and O–H groups in total. The van der Waals surface area contributed by atoms with Gasteiger partial charge in [0.1, 0.15) is 16.5 Å². The van der Waals surface area contributed by atoms with Crippen molar-refractivity contribution in [3.8, 4) is 5.75 Å². The van der Waals surface area contributed by atoms with Gasteiger partial charge in [0.25, 0.3) is 30.4 Å². The first-order chi connectivity index (χ1) is 14.4. The molecule has 0 saturated heterocycles. The highest BCUT2D eigenvalue weighted by Crippen LogP contribution is 2.41. The maximum Gasteiger partial charge on any atom is 0.298 e. The van der Waals surface area contributed by atoms with Gasteiger partial charge in [0.15, 0.2) is 11.6 Å². The monoisotopic (exact) mass is 507 g/mol. The maximum atomic E-state index is 13.2. The lowest BCUT2D eigenvalue weighted by Gasteiger charge is -2.24. The average Bonchev–Trinajstić information content (AvgIpc) is 2.62. The van der Waals surface area contributed by atoms with Crippen LogP contribution in [0.4, 0.5) is 5.69 Å². The van der Waals surface area contributed by atoms with E-state index in [2.05, 4.69) is 5.32 Å². The van der Waals surface area contributed by atoms with Crippen molar-refractivity contribution in [2.45, 2.75) is 16.7 Å². The Hall–Kier alpha value is -2.89. The molecular formula is C16H13NO12S3. The van der Waals surface area contributed by atoms with Crippen LogP contribution in [-0.4, -0.2) is 61.5 Å². The number of phenols is 1. The van der Waals surface area contributed by atoms with Gasteiger partial charge in [0, 0.05) is 16.8 Å². The molecular weight excluding hydrogens is 494 g/mol. The summed E-state index contributed by atoms with van der Waals surface area (Å²) >= 11 is 0. The minimum atomic E-state index is -5.03. The Kier molecular flexibility index (Phi) is 5.44. The summed E-state index contributed by atoms with van der Waals surface area (Å²) in [5, 5.41) is 12.4. The van der Waals surface area contributed by atoms with Crippen molar-refractivity contribution in [2.24, 2.45) is 0 Å². The van der Waals surface area contributed by atoms with E-state index in [-0.39, 0.29) is 5.56 Å². The van der Waals surface area contributed by atoms with Gasteiger partial charge in [-0.2, -0.15) is 25.3 Å². The van der Waals surface area contributed by atoms with E-state index >= 15 is 0 Å². The van der Waals surface area contributed by atoms with Gasteiger partial charge >= 0.3 is 0 Å². The summed E-state index contributed by atoms with van der Waals surface area (Å²) < 4.78 is 96.1. The van der Waals surface area contributed by atoms with Gasteiger partial charge in [-0.3, -0.25) is 23.2 Å². The zero-order valence-corrected chi connectivity index (χ0v) is 18.2. The van der Waals surface area contributed by atoms with E-state index in [0.29, 0.717) is 12.1 Å². The van der Waals surface area contributed by atoms with Crippen LogP contribution in [0.3, 0.4) is 0 Å². The highest BCUT2D eigenvalue weighted by atomic mass is 32.2. The normalized spacial score (nSPS) is 14.1. The second-order valence-electron chi connectivity index (χ2n) is 6.70. The third-order valence-electron chi connectivity index (χ3n) is 4.52. The summed E-state index contributed by atoms with van der Waals surface area (Å²) in [5.41, 5.74) is -3.41. The molecule has 13 nitrogen and oxygen atoms in total. The smallest absolute Gasteiger partial charge is 0.298 e. The molecule has 0 spiro atoms. The van der Waals surface area contributed by atoms with Crippen molar-refractivity contribution >= 4 is 47.6 Å². The number of fused-ring (bicyclic) bond motifs is 2. The van der Waals surface area contributed by atoms with E-state index < -0.39 is 91.3 Å². The van der Waals surface area contributed by atoms with Crippen LogP contribution in [0.1, 0.15) is 37.4 Å². The van der Waals surface area contributed by atoms with Crippen molar-refractivity contribution in [1.29, 1.82) is 0 Å².